The van der Waals surface area contributed by atoms with Crippen molar-refractivity contribution in [3.8, 4) is 0 Å². The van der Waals surface area contributed by atoms with Gasteiger partial charge < -0.3 is 9.32 Å². The Hall–Kier alpha value is -2.57. The molecule has 3 aromatic heterocycles. The van der Waals surface area contributed by atoms with Gasteiger partial charge in [0.05, 0.1) is 11.8 Å². The summed E-state index contributed by atoms with van der Waals surface area (Å²) in [6.07, 6.45) is 3.39. The van der Waals surface area contributed by atoms with Crippen LogP contribution in [-0.4, -0.2) is 38.1 Å². The van der Waals surface area contributed by atoms with Gasteiger partial charge in [-0.15, -0.1) is 0 Å². The van der Waals surface area contributed by atoms with Gasteiger partial charge in [0.2, 0.25) is 5.91 Å². The molecule has 3 aromatic rings. The van der Waals surface area contributed by atoms with E-state index in [1.54, 1.807) is 12.3 Å². The quantitative estimate of drug-likeness (QED) is 0.722. The molecule has 1 aliphatic rings. The predicted molar refractivity (Wildman–Crippen MR) is 98.1 cm³/mol. The predicted octanol–water partition coefficient (Wildman–Crippen LogP) is 2.31. The van der Waals surface area contributed by atoms with Crippen molar-refractivity contribution in [1.82, 2.24) is 19.1 Å². The number of fused-ring (bicyclic) bond motifs is 3. The SMILES string of the molecule is CCc1nn(CC(=O)N2C[C@H](C)C[C@@H](C)C2)c(=O)c2cc3occc3n12. The van der Waals surface area contributed by atoms with Crippen molar-refractivity contribution in [3.05, 3.63) is 34.6 Å². The van der Waals surface area contributed by atoms with E-state index in [1.165, 1.54) is 4.68 Å². The first-order chi connectivity index (χ1) is 12.5. The third-order valence-electron chi connectivity index (χ3n) is 5.19. The highest BCUT2D eigenvalue weighted by molar-refractivity contribution is 5.82. The Balaban J connectivity index is 1.71. The third-order valence-corrected chi connectivity index (χ3v) is 5.19. The van der Waals surface area contributed by atoms with Gasteiger partial charge in [-0.2, -0.15) is 5.10 Å². The van der Waals surface area contributed by atoms with E-state index in [0.29, 0.717) is 29.4 Å². The molecule has 0 saturated carbocycles. The summed E-state index contributed by atoms with van der Waals surface area (Å²) in [6, 6.07) is 3.55. The van der Waals surface area contributed by atoms with E-state index in [4.69, 9.17) is 4.42 Å². The van der Waals surface area contributed by atoms with Crippen molar-refractivity contribution in [2.75, 3.05) is 13.1 Å². The highest BCUT2D eigenvalue weighted by atomic mass is 16.3. The molecule has 26 heavy (non-hydrogen) atoms. The van der Waals surface area contributed by atoms with Crippen molar-refractivity contribution in [2.24, 2.45) is 11.8 Å². The van der Waals surface area contributed by atoms with Gasteiger partial charge in [0.1, 0.15) is 17.9 Å². The molecule has 1 amide bonds. The van der Waals surface area contributed by atoms with Crippen LogP contribution in [0.5, 0.6) is 0 Å². The van der Waals surface area contributed by atoms with Crippen LogP contribution in [0.25, 0.3) is 16.6 Å². The molecule has 7 heteroatoms. The minimum absolute atomic E-state index is 0.0195. The fraction of sp³-hybridized carbons (Fsp3) is 0.526. The number of piperidine rings is 1. The highest BCUT2D eigenvalue weighted by Crippen LogP contribution is 2.22. The largest absolute Gasteiger partial charge is 0.463 e. The zero-order valence-corrected chi connectivity index (χ0v) is 15.4. The van der Waals surface area contributed by atoms with Gasteiger partial charge in [-0.1, -0.05) is 20.8 Å². The number of furan rings is 1. The van der Waals surface area contributed by atoms with Crippen LogP contribution >= 0.6 is 0 Å². The minimum atomic E-state index is -0.264. The molecule has 1 fully saturated rings. The molecular formula is C19H24N4O3. The Bertz CT molecular complexity index is 1020. The lowest BCUT2D eigenvalue weighted by Crippen LogP contribution is -2.45. The maximum Gasteiger partial charge on any atom is 0.291 e. The molecule has 0 aromatic carbocycles. The molecule has 0 N–H and O–H groups in total. The number of hydrogen-bond donors (Lipinski definition) is 0. The Kier molecular flexibility index (Phi) is 4.09. The van der Waals surface area contributed by atoms with Crippen molar-refractivity contribution in [3.63, 3.8) is 0 Å². The fourth-order valence-corrected chi connectivity index (χ4v) is 4.15. The first-order valence-corrected chi connectivity index (χ1v) is 9.24. The van der Waals surface area contributed by atoms with Crippen molar-refractivity contribution in [1.29, 1.82) is 0 Å². The van der Waals surface area contributed by atoms with E-state index in [9.17, 15) is 9.59 Å². The number of hydrogen-bond acceptors (Lipinski definition) is 4. The van der Waals surface area contributed by atoms with E-state index in [-0.39, 0.29) is 18.0 Å². The summed E-state index contributed by atoms with van der Waals surface area (Å²) in [4.78, 5) is 27.5. The molecule has 1 saturated heterocycles. The Labute approximate surface area is 151 Å². The smallest absolute Gasteiger partial charge is 0.291 e. The lowest BCUT2D eigenvalue weighted by Gasteiger charge is -2.35. The second-order valence-electron chi connectivity index (χ2n) is 7.51. The average molecular weight is 356 g/mol. The molecule has 4 heterocycles. The van der Waals surface area contributed by atoms with E-state index < -0.39 is 0 Å². The maximum absolute atomic E-state index is 12.9. The summed E-state index contributed by atoms with van der Waals surface area (Å²) < 4.78 is 8.56. The van der Waals surface area contributed by atoms with Gasteiger partial charge in [-0.25, -0.2) is 4.68 Å². The fourth-order valence-electron chi connectivity index (χ4n) is 4.15. The monoisotopic (exact) mass is 356 g/mol. The van der Waals surface area contributed by atoms with Gasteiger partial charge in [-0.3, -0.25) is 14.0 Å². The molecule has 0 aliphatic carbocycles. The van der Waals surface area contributed by atoms with Crippen LogP contribution < -0.4 is 5.56 Å². The van der Waals surface area contributed by atoms with Crippen molar-refractivity contribution in [2.45, 2.75) is 40.2 Å². The van der Waals surface area contributed by atoms with Crippen LogP contribution in [0.1, 0.15) is 33.0 Å². The van der Waals surface area contributed by atoms with E-state index in [0.717, 1.165) is 30.9 Å². The number of rotatable bonds is 3. The number of likely N-dealkylation sites (tertiary alicyclic amines) is 1. The average Bonchev–Trinajstić information content (AvgIpc) is 3.18. The van der Waals surface area contributed by atoms with Crippen LogP contribution in [0.3, 0.4) is 0 Å². The molecule has 2 atom stereocenters. The minimum Gasteiger partial charge on any atom is -0.463 e. The zero-order chi connectivity index (χ0) is 18.4. The number of nitrogens with zero attached hydrogens (tertiary/aromatic N) is 4. The van der Waals surface area contributed by atoms with Gasteiger partial charge >= 0.3 is 0 Å². The third kappa shape index (κ3) is 2.71. The van der Waals surface area contributed by atoms with Crippen molar-refractivity contribution >= 4 is 22.5 Å². The summed E-state index contributed by atoms with van der Waals surface area (Å²) in [5.74, 6) is 1.67. The summed E-state index contributed by atoms with van der Waals surface area (Å²) in [5, 5.41) is 4.47. The lowest BCUT2D eigenvalue weighted by molar-refractivity contribution is -0.134. The second-order valence-corrected chi connectivity index (χ2v) is 7.51. The molecule has 0 bridgehead atoms. The summed E-state index contributed by atoms with van der Waals surface area (Å²) >= 11 is 0. The Morgan fingerprint density at radius 1 is 1.27 bits per heavy atom. The number of aromatic nitrogens is 3. The highest BCUT2D eigenvalue weighted by Gasteiger charge is 2.26. The first kappa shape index (κ1) is 16.9. The topological polar surface area (TPSA) is 72.8 Å². The molecule has 4 rings (SSSR count). The van der Waals surface area contributed by atoms with Crippen LogP contribution in [0.15, 0.2) is 27.6 Å². The van der Waals surface area contributed by atoms with Gasteiger partial charge in [0, 0.05) is 31.6 Å². The Morgan fingerprint density at radius 3 is 2.69 bits per heavy atom. The van der Waals surface area contributed by atoms with Gasteiger partial charge in [0.15, 0.2) is 5.58 Å². The van der Waals surface area contributed by atoms with Gasteiger partial charge in [-0.05, 0) is 18.3 Å². The zero-order valence-electron chi connectivity index (χ0n) is 15.4. The first-order valence-electron chi connectivity index (χ1n) is 9.24. The summed E-state index contributed by atoms with van der Waals surface area (Å²) in [7, 11) is 0. The number of carbonyl (C=O) groups excluding carboxylic acids is 1. The van der Waals surface area contributed by atoms with E-state index in [1.807, 2.05) is 22.3 Å². The van der Waals surface area contributed by atoms with Gasteiger partial charge in [0.25, 0.3) is 5.56 Å². The molecular weight excluding hydrogens is 332 g/mol. The lowest BCUT2D eigenvalue weighted by atomic mass is 9.92. The van der Waals surface area contributed by atoms with E-state index in [2.05, 4.69) is 18.9 Å². The standard InChI is InChI=1S/C19H24N4O3/c1-4-17-20-22(11-18(24)21-9-12(2)7-13(3)10-21)19(25)15-8-16-14(23(15)17)5-6-26-16/h5-6,8,12-13H,4,7,9-11H2,1-3H3/t12-,13-/m1/s1. The van der Waals surface area contributed by atoms with Crippen LogP contribution in [0.2, 0.25) is 0 Å². The Morgan fingerprint density at radius 2 is 2.00 bits per heavy atom. The number of amides is 1. The summed E-state index contributed by atoms with van der Waals surface area (Å²) in [6.45, 7) is 7.79. The second kappa shape index (κ2) is 6.30. The molecule has 0 spiro atoms. The maximum atomic E-state index is 12.9. The molecule has 7 nitrogen and oxygen atoms in total. The molecule has 0 radical (unpaired) electrons. The molecule has 1 aliphatic heterocycles. The van der Waals surface area contributed by atoms with Crippen molar-refractivity contribution < 1.29 is 9.21 Å². The molecule has 138 valence electrons. The van der Waals surface area contributed by atoms with Crippen LogP contribution in [0.4, 0.5) is 0 Å². The van der Waals surface area contributed by atoms with Crippen LogP contribution in [-0.2, 0) is 17.8 Å². The molecule has 0 unspecified atom stereocenters. The van der Waals surface area contributed by atoms with E-state index >= 15 is 0 Å². The van der Waals surface area contributed by atoms with Crippen LogP contribution in [0, 0.1) is 11.8 Å². The normalized spacial score (nSPS) is 21.0. The summed E-state index contributed by atoms with van der Waals surface area (Å²) in [5.41, 5.74) is 1.72. The number of aryl methyl sites for hydroxylation is 1. The number of carbonyl (C=O) groups is 1.